The molecule has 0 radical (unpaired) electrons. The number of alkyl halides is 3. The third-order valence-corrected chi connectivity index (χ3v) is 2.92. The minimum atomic E-state index is -4.74. The topological polar surface area (TPSA) is 61.3 Å². The number of halogens is 3. The van der Waals surface area contributed by atoms with Crippen LogP contribution in [0.2, 0.25) is 0 Å². The highest BCUT2D eigenvalue weighted by Crippen LogP contribution is 2.26. The lowest BCUT2D eigenvalue weighted by Gasteiger charge is -2.08. The van der Waals surface area contributed by atoms with E-state index in [1.807, 2.05) is 0 Å². The summed E-state index contributed by atoms with van der Waals surface area (Å²) >= 11 is 0.860. The van der Waals surface area contributed by atoms with Crippen LogP contribution in [0.3, 0.4) is 0 Å². The lowest BCUT2D eigenvalue weighted by atomic mass is 10.2. The van der Waals surface area contributed by atoms with Crippen LogP contribution in [0.1, 0.15) is 16.7 Å². The van der Waals surface area contributed by atoms with E-state index in [0.717, 1.165) is 23.7 Å². The molecule has 0 aliphatic heterocycles. The smallest absolute Gasteiger partial charge is 0.461 e. The number of esters is 1. The molecule has 0 amide bonds. The van der Waals surface area contributed by atoms with Gasteiger partial charge in [0.2, 0.25) is 5.01 Å². The van der Waals surface area contributed by atoms with Crippen molar-refractivity contribution in [1.29, 1.82) is 0 Å². The summed E-state index contributed by atoms with van der Waals surface area (Å²) in [6, 6.07) is 5.04. The van der Waals surface area contributed by atoms with E-state index in [4.69, 9.17) is 4.74 Å². The molecule has 2 rings (SSSR count). The summed E-state index contributed by atoms with van der Waals surface area (Å²) in [7, 11) is 0. The second-order valence-corrected chi connectivity index (χ2v) is 4.47. The molecule has 2 aromatic rings. The molecule has 1 aromatic heterocycles. The molecular weight excluding hydrogens is 309 g/mol. The van der Waals surface area contributed by atoms with Crippen molar-refractivity contribution in [3.8, 4) is 17.1 Å². The number of carbonyl (C=O) groups is 1. The van der Waals surface area contributed by atoms with Crippen molar-refractivity contribution >= 4 is 17.5 Å². The lowest BCUT2D eigenvalue weighted by molar-refractivity contribution is -0.274. The number of rotatable bonds is 4. The minimum Gasteiger partial charge on any atom is -0.461 e. The van der Waals surface area contributed by atoms with Crippen LogP contribution in [0, 0.1) is 0 Å². The molecule has 9 heteroatoms. The van der Waals surface area contributed by atoms with Gasteiger partial charge in [0.05, 0.1) is 6.61 Å². The summed E-state index contributed by atoms with van der Waals surface area (Å²) in [4.78, 5) is 15.4. The molecule has 0 saturated carbocycles. The van der Waals surface area contributed by atoms with Crippen molar-refractivity contribution in [3.63, 3.8) is 0 Å². The first kappa shape index (κ1) is 15.2. The Labute approximate surface area is 121 Å². The molecule has 1 aromatic carbocycles. The van der Waals surface area contributed by atoms with Crippen molar-refractivity contribution < 1.29 is 27.4 Å². The van der Waals surface area contributed by atoms with E-state index < -0.39 is 12.3 Å². The maximum Gasteiger partial charge on any atom is 0.573 e. The Morgan fingerprint density at radius 3 is 2.52 bits per heavy atom. The fourth-order valence-corrected chi connectivity index (χ4v) is 2.00. The van der Waals surface area contributed by atoms with Crippen molar-refractivity contribution in [2.75, 3.05) is 6.61 Å². The zero-order valence-corrected chi connectivity index (χ0v) is 11.5. The SMILES string of the molecule is CCOC(=O)c1nc(-c2ccc(OC(F)(F)F)cc2)ns1. The van der Waals surface area contributed by atoms with Crippen LogP contribution in [-0.2, 0) is 4.74 Å². The van der Waals surface area contributed by atoms with Gasteiger partial charge >= 0.3 is 12.3 Å². The van der Waals surface area contributed by atoms with E-state index >= 15 is 0 Å². The third-order valence-electron chi connectivity index (χ3n) is 2.22. The van der Waals surface area contributed by atoms with E-state index in [-0.39, 0.29) is 23.2 Å². The van der Waals surface area contributed by atoms with Crippen LogP contribution in [0.25, 0.3) is 11.4 Å². The molecule has 0 aliphatic rings. The van der Waals surface area contributed by atoms with Crippen molar-refractivity contribution in [3.05, 3.63) is 29.3 Å². The first-order valence-electron chi connectivity index (χ1n) is 5.76. The molecule has 21 heavy (non-hydrogen) atoms. The number of hydrogen-bond acceptors (Lipinski definition) is 6. The largest absolute Gasteiger partial charge is 0.573 e. The van der Waals surface area contributed by atoms with Crippen LogP contribution < -0.4 is 4.74 Å². The van der Waals surface area contributed by atoms with Crippen LogP contribution in [0.4, 0.5) is 13.2 Å². The molecular formula is C12H9F3N2O3S. The molecule has 0 atom stereocenters. The van der Waals surface area contributed by atoms with Crippen LogP contribution in [0.15, 0.2) is 24.3 Å². The molecule has 0 bridgehead atoms. The number of nitrogens with zero attached hydrogens (tertiary/aromatic N) is 2. The number of benzene rings is 1. The fraction of sp³-hybridized carbons (Fsp3) is 0.250. The quantitative estimate of drug-likeness (QED) is 0.810. The summed E-state index contributed by atoms with van der Waals surface area (Å²) in [6.45, 7) is 1.89. The molecule has 0 unspecified atom stereocenters. The molecule has 5 nitrogen and oxygen atoms in total. The summed E-state index contributed by atoms with van der Waals surface area (Å²) in [6.07, 6.45) is -4.74. The Morgan fingerprint density at radius 2 is 1.95 bits per heavy atom. The zero-order valence-electron chi connectivity index (χ0n) is 10.7. The van der Waals surface area contributed by atoms with Gasteiger partial charge in [-0.05, 0) is 42.7 Å². The average molecular weight is 318 g/mol. The maximum absolute atomic E-state index is 12.0. The van der Waals surface area contributed by atoms with E-state index in [1.54, 1.807) is 6.92 Å². The Hall–Kier alpha value is -2.16. The van der Waals surface area contributed by atoms with Gasteiger partial charge in [0.1, 0.15) is 5.75 Å². The zero-order chi connectivity index (χ0) is 15.5. The monoisotopic (exact) mass is 318 g/mol. The van der Waals surface area contributed by atoms with Crippen LogP contribution in [0.5, 0.6) is 5.75 Å². The summed E-state index contributed by atoms with van der Waals surface area (Å²) in [5, 5.41) is 0.0856. The van der Waals surface area contributed by atoms with Gasteiger partial charge in [-0.1, -0.05) is 0 Å². The van der Waals surface area contributed by atoms with Gasteiger partial charge in [0, 0.05) is 5.56 Å². The molecule has 0 aliphatic carbocycles. The molecule has 0 spiro atoms. The van der Waals surface area contributed by atoms with Gasteiger partial charge < -0.3 is 9.47 Å². The fourth-order valence-electron chi connectivity index (χ4n) is 1.42. The Bertz CT molecular complexity index is 625. The van der Waals surface area contributed by atoms with Gasteiger partial charge in [0.15, 0.2) is 5.82 Å². The van der Waals surface area contributed by atoms with E-state index in [0.29, 0.717) is 5.56 Å². The van der Waals surface area contributed by atoms with Gasteiger partial charge in [0.25, 0.3) is 0 Å². The molecule has 0 N–H and O–H groups in total. The maximum atomic E-state index is 12.0. The van der Waals surface area contributed by atoms with Gasteiger partial charge in [-0.2, -0.15) is 4.37 Å². The van der Waals surface area contributed by atoms with Crippen LogP contribution in [-0.4, -0.2) is 28.3 Å². The average Bonchev–Trinajstić information content (AvgIpc) is 2.87. The first-order valence-corrected chi connectivity index (χ1v) is 6.53. The first-order chi connectivity index (χ1) is 9.89. The Morgan fingerprint density at radius 1 is 1.29 bits per heavy atom. The second kappa shape index (κ2) is 6.08. The predicted octanol–water partition coefficient (Wildman–Crippen LogP) is 3.28. The highest BCUT2D eigenvalue weighted by Gasteiger charge is 2.31. The molecule has 0 saturated heterocycles. The van der Waals surface area contributed by atoms with Crippen molar-refractivity contribution in [2.24, 2.45) is 0 Å². The normalized spacial score (nSPS) is 11.2. The Kier molecular flexibility index (Phi) is 4.41. The number of hydrogen-bond donors (Lipinski definition) is 0. The highest BCUT2D eigenvalue weighted by molar-refractivity contribution is 7.07. The molecule has 1 heterocycles. The standard InChI is InChI=1S/C12H9F3N2O3S/c1-2-19-11(18)10-16-9(17-21-10)7-3-5-8(6-4-7)20-12(13,14)15/h3-6H,2H2,1H3. The summed E-state index contributed by atoms with van der Waals surface area (Å²) in [5.74, 6) is -0.688. The van der Waals surface area contributed by atoms with E-state index in [9.17, 15) is 18.0 Å². The van der Waals surface area contributed by atoms with Crippen molar-refractivity contribution in [1.82, 2.24) is 9.36 Å². The van der Waals surface area contributed by atoms with Crippen LogP contribution >= 0.6 is 11.5 Å². The third kappa shape index (κ3) is 4.15. The van der Waals surface area contributed by atoms with E-state index in [2.05, 4.69) is 14.1 Å². The van der Waals surface area contributed by atoms with Gasteiger partial charge in [-0.3, -0.25) is 0 Å². The predicted molar refractivity (Wildman–Crippen MR) is 68.0 cm³/mol. The Balaban J connectivity index is 2.14. The van der Waals surface area contributed by atoms with Crippen molar-refractivity contribution in [2.45, 2.75) is 13.3 Å². The molecule has 112 valence electrons. The van der Waals surface area contributed by atoms with E-state index in [1.165, 1.54) is 12.1 Å². The number of carbonyl (C=O) groups excluding carboxylic acids is 1. The minimum absolute atomic E-state index is 0.0856. The second-order valence-electron chi connectivity index (χ2n) is 3.72. The summed E-state index contributed by atoms with van der Waals surface area (Å²) in [5.41, 5.74) is 0.469. The highest BCUT2D eigenvalue weighted by atomic mass is 32.1. The number of aromatic nitrogens is 2. The molecule has 0 fully saturated rings. The lowest BCUT2D eigenvalue weighted by Crippen LogP contribution is -2.16. The van der Waals surface area contributed by atoms with Gasteiger partial charge in [-0.15, -0.1) is 13.2 Å². The summed E-state index contributed by atoms with van der Waals surface area (Å²) < 4.78 is 48.6. The number of ether oxygens (including phenoxy) is 2. The van der Waals surface area contributed by atoms with Gasteiger partial charge in [-0.25, -0.2) is 9.78 Å².